The molecule has 1 saturated heterocycles. The minimum absolute atomic E-state index is 0.718. The number of rotatable bonds is 1. The van der Waals surface area contributed by atoms with E-state index >= 15 is 0 Å². The summed E-state index contributed by atoms with van der Waals surface area (Å²) < 4.78 is 6.08. The Morgan fingerprint density at radius 1 is 1.36 bits per heavy atom. The molecule has 76 valence electrons. The second kappa shape index (κ2) is 4.14. The first-order valence-electron chi connectivity index (χ1n) is 4.52. The molecular weight excluding hydrogens is 246 g/mol. The molecule has 1 aromatic heterocycles. The molecule has 2 rings (SSSR count). The maximum atomic E-state index is 5.85. The van der Waals surface area contributed by atoms with Crippen molar-refractivity contribution < 1.29 is 4.74 Å². The Labute approximate surface area is 91.2 Å². The zero-order chi connectivity index (χ0) is 9.97. The van der Waals surface area contributed by atoms with E-state index in [0.717, 1.165) is 42.4 Å². The third-order valence-electron chi connectivity index (χ3n) is 2.18. The van der Waals surface area contributed by atoms with Gasteiger partial charge in [-0.2, -0.15) is 0 Å². The summed E-state index contributed by atoms with van der Waals surface area (Å²) in [6.07, 6.45) is 0. The van der Waals surface area contributed by atoms with Gasteiger partial charge in [0.1, 0.15) is 4.60 Å². The minimum Gasteiger partial charge on any atom is -0.396 e. The van der Waals surface area contributed by atoms with Crippen LogP contribution in [0.2, 0.25) is 0 Å². The molecule has 0 radical (unpaired) electrons. The molecule has 0 amide bonds. The maximum Gasteiger partial charge on any atom is 0.153 e. The lowest BCUT2D eigenvalue weighted by molar-refractivity contribution is 0.122. The lowest BCUT2D eigenvalue weighted by Gasteiger charge is -2.28. The first-order chi connectivity index (χ1) is 6.77. The molecule has 2 N–H and O–H groups in total. The van der Waals surface area contributed by atoms with E-state index in [-0.39, 0.29) is 0 Å². The van der Waals surface area contributed by atoms with Gasteiger partial charge in [-0.3, -0.25) is 0 Å². The second-order valence-electron chi connectivity index (χ2n) is 3.15. The highest BCUT2D eigenvalue weighted by Crippen LogP contribution is 2.23. The van der Waals surface area contributed by atoms with Crippen LogP contribution in [0, 0.1) is 0 Å². The molecule has 1 aliphatic heterocycles. The predicted molar refractivity (Wildman–Crippen MR) is 59.4 cm³/mol. The number of hydrogen-bond acceptors (Lipinski definition) is 4. The average molecular weight is 258 g/mol. The molecule has 2 heterocycles. The Morgan fingerprint density at radius 3 is 2.79 bits per heavy atom. The highest BCUT2D eigenvalue weighted by atomic mass is 79.9. The van der Waals surface area contributed by atoms with Crippen LogP contribution in [0.3, 0.4) is 0 Å². The zero-order valence-electron chi connectivity index (χ0n) is 7.74. The summed E-state index contributed by atoms with van der Waals surface area (Å²) >= 11 is 3.34. The van der Waals surface area contributed by atoms with Crippen LogP contribution in [-0.4, -0.2) is 31.3 Å². The van der Waals surface area contributed by atoms with Gasteiger partial charge in [0.25, 0.3) is 0 Å². The number of halogens is 1. The molecule has 0 bridgehead atoms. The number of pyridine rings is 1. The lowest BCUT2D eigenvalue weighted by atomic mass is 10.3. The van der Waals surface area contributed by atoms with Crippen LogP contribution in [0.15, 0.2) is 16.7 Å². The Kier molecular flexibility index (Phi) is 2.88. The minimum atomic E-state index is 0.718. The van der Waals surface area contributed by atoms with Gasteiger partial charge in [0, 0.05) is 13.1 Å². The van der Waals surface area contributed by atoms with Crippen LogP contribution in [0.25, 0.3) is 0 Å². The van der Waals surface area contributed by atoms with Crippen molar-refractivity contribution >= 4 is 27.4 Å². The number of aromatic nitrogens is 1. The van der Waals surface area contributed by atoms with Crippen molar-refractivity contribution in [3.05, 3.63) is 16.7 Å². The molecule has 0 unspecified atom stereocenters. The molecule has 1 aromatic rings. The van der Waals surface area contributed by atoms with Crippen molar-refractivity contribution in [2.24, 2.45) is 0 Å². The van der Waals surface area contributed by atoms with Crippen LogP contribution < -0.4 is 10.6 Å². The Morgan fingerprint density at radius 2 is 2.07 bits per heavy atom. The summed E-state index contributed by atoms with van der Waals surface area (Å²) in [6, 6.07) is 3.71. The largest absolute Gasteiger partial charge is 0.396 e. The summed E-state index contributed by atoms with van der Waals surface area (Å²) in [5, 5.41) is 0. The van der Waals surface area contributed by atoms with Gasteiger partial charge in [-0.15, -0.1) is 0 Å². The summed E-state index contributed by atoms with van der Waals surface area (Å²) in [4.78, 5) is 6.50. The van der Waals surface area contributed by atoms with Gasteiger partial charge >= 0.3 is 0 Å². The predicted octanol–water partition coefficient (Wildman–Crippen LogP) is 1.26. The maximum absolute atomic E-state index is 5.85. The van der Waals surface area contributed by atoms with Crippen LogP contribution in [0.5, 0.6) is 0 Å². The smallest absolute Gasteiger partial charge is 0.153 e. The Balaban J connectivity index is 2.24. The molecule has 1 aliphatic rings. The lowest BCUT2D eigenvalue weighted by Crippen LogP contribution is -2.37. The quantitative estimate of drug-likeness (QED) is 0.770. The topological polar surface area (TPSA) is 51.4 Å². The zero-order valence-corrected chi connectivity index (χ0v) is 9.33. The van der Waals surface area contributed by atoms with Gasteiger partial charge in [-0.05, 0) is 28.1 Å². The number of anilines is 2. The summed E-state index contributed by atoms with van der Waals surface area (Å²) in [6.45, 7) is 3.20. The third kappa shape index (κ3) is 1.99. The fraction of sp³-hybridized carbons (Fsp3) is 0.444. The van der Waals surface area contributed by atoms with Gasteiger partial charge in [0.05, 0.1) is 18.9 Å². The van der Waals surface area contributed by atoms with Crippen molar-refractivity contribution in [3.8, 4) is 0 Å². The average Bonchev–Trinajstić information content (AvgIpc) is 2.23. The Bertz CT molecular complexity index is 326. The molecular formula is C9H12BrN3O. The summed E-state index contributed by atoms with van der Waals surface area (Å²) in [5.74, 6) is 0.850. The van der Waals surface area contributed by atoms with E-state index in [1.807, 2.05) is 12.1 Å². The van der Waals surface area contributed by atoms with Crippen molar-refractivity contribution in [2.75, 3.05) is 36.9 Å². The Hall–Kier alpha value is -0.810. The van der Waals surface area contributed by atoms with E-state index in [1.165, 1.54) is 0 Å². The fourth-order valence-corrected chi connectivity index (χ4v) is 1.76. The van der Waals surface area contributed by atoms with Crippen LogP contribution >= 0.6 is 15.9 Å². The van der Waals surface area contributed by atoms with Gasteiger partial charge in [-0.1, -0.05) is 0 Å². The fourth-order valence-electron chi connectivity index (χ4n) is 1.46. The molecule has 0 spiro atoms. The van der Waals surface area contributed by atoms with Crippen LogP contribution in [0.4, 0.5) is 11.5 Å². The first-order valence-corrected chi connectivity index (χ1v) is 5.31. The number of hydrogen-bond donors (Lipinski definition) is 1. The van der Waals surface area contributed by atoms with Crippen molar-refractivity contribution in [3.63, 3.8) is 0 Å². The van der Waals surface area contributed by atoms with E-state index in [4.69, 9.17) is 10.5 Å². The summed E-state index contributed by atoms with van der Waals surface area (Å²) in [7, 11) is 0. The van der Waals surface area contributed by atoms with E-state index in [2.05, 4.69) is 25.8 Å². The SMILES string of the molecule is Nc1ccc(Br)nc1N1CCOCC1. The number of nitrogens with zero attached hydrogens (tertiary/aromatic N) is 2. The molecule has 0 aromatic carbocycles. The van der Waals surface area contributed by atoms with Gasteiger partial charge in [-0.25, -0.2) is 4.98 Å². The van der Waals surface area contributed by atoms with Crippen LogP contribution in [-0.2, 0) is 4.74 Å². The van der Waals surface area contributed by atoms with E-state index < -0.39 is 0 Å². The third-order valence-corrected chi connectivity index (χ3v) is 2.62. The molecule has 0 saturated carbocycles. The molecule has 14 heavy (non-hydrogen) atoms. The highest BCUT2D eigenvalue weighted by Gasteiger charge is 2.14. The molecule has 5 heteroatoms. The van der Waals surface area contributed by atoms with Crippen LogP contribution in [0.1, 0.15) is 0 Å². The van der Waals surface area contributed by atoms with E-state index in [9.17, 15) is 0 Å². The summed E-state index contributed by atoms with van der Waals surface area (Å²) in [5.41, 5.74) is 6.57. The van der Waals surface area contributed by atoms with Gasteiger partial charge < -0.3 is 15.4 Å². The molecule has 1 fully saturated rings. The highest BCUT2D eigenvalue weighted by molar-refractivity contribution is 9.10. The monoisotopic (exact) mass is 257 g/mol. The van der Waals surface area contributed by atoms with Gasteiger partial charge in [0.15, 0.2) is 5.82 Å². The second-order valence-corrected chi connectivity index (χ2v) is 3.96. The standard InChI is InChI=1S/C9H12BrN3O/c10-8-2-1-7(11)9(12-8)13-3-5-14-6-4-13/h1-2H,3-6,11H2. The van der Waals surface area contributed by atoms with E-state index in [0.29, 0.717) is 0 Å². The number of nitrogen functional groups attached to an aromatic ring is 1. The van der Waals surface area contributed by atoms with Crippen molar-refractivity contribution in [1.82, 2.24) is 4.98 Å². The number of morpholine rings is 1. The number of ether oxygens (including phenoxy) is 1. The van der Waals surface area contributed by atoms with Gasteiger partial charge in [0.2, 0.25) is 0 Å². The van der Waals surface area contributed by atoms with Crippen molar-refractivity contribution in [2.45, 2.75) is 0 Å². The molecule has 0 atom stereocenters. The molecule has 4 nitrogen and oxygen atoms in total. The normalized spacial score (nSPS) is 17.1. The number of nitrogens with two attached hydrogens (primary N) is 1. The first kappa shape index (κ1) is 9.73. The van der Waals surface area contributed by atoms with Crippen molar-refractivity contribution in [1.29, 1.82) is 0 Å². The molecule has 0 aliphatic carbocycles. The van der Waals surface area contributed by atoms with E-state index in [1.54, 1.807) is 0 Å².